The Kier molecular flexibility index (Phi) is 3.76. The fraction of sp³-hybridized carbons (Fsp3) is 0.562. The normalized spacial score (nSPS) is 15.5. The fourth-order valence-electron chi connectivity index (χ4n) is 2.74. The van der Waals surface area contributed by atoms with Crippen LogP contribution in [0.2, 0.25) is 0 Å². The average molecular weight is 285 g/mol. The van der Waals surface area contributed by atoms with Crippen molar-refractivity contribution in [3.63, 3.8) is 0 Å². The molecule has 0 aliphatic carbocycles. The number of aryl methyl sites for hydroxylation is 2. The largest absolute Gasteiger partial charge is 0.293 e. The van der Waals surface area contributed by atoms with Crippen molar-refractivity contribution in [3.05, 3.63) is 40.7 Å². The van der Waals surface area contributed by atoms with E-state index in [0.717, 1.165) is 37.6 Å². The second-order valence-corrected chi connectivity index (χ2v) is 6.22. The van der Waals surface area contributed by atoms with Crippen LogP contribution in [0.1, 0.15) is 48.2 Å². The molecule has 3 rings (SSSR count). The second kappa shape index (κ2) is 5.56. The Morgan fingerprint density at radius 2 is 2.14 bits per heavy atom. The summed E-state index contributed by atoms with van der Waals surface area (Å²) in [7, 11) is 1.99. The van der Waals surface area contributed by atoms with Crippen molar-refractivity contribution >= 4 is 0 Å². The van der Waals surface area contributed by atoms with Crippen molar-refractivity contribution < 1.29 is 0 Å². The molecule has 3 heterocycles. The molecule has 112 valence electrons. The van der Waals surface area contributed by atoms with Gasteiger partial charge in [-0.15, -0.1) is 0 Å². The maximum absolute atomic E-state index is 4.71. The Bertz CT molecular complexity index is 625. The van der Waals surface area contributed by atoms with Crippen molar-refractivity contribution in [1.82, 2.24) is 24.6 Å². The second-order valence-electron chi connectivity index (χ2n) is 6.22. The number of fused-ring (bicyclic) bond motifs is 1. The molecule has 0 saturated carbocycles. The summed E-state index contributed by atoms with van der Waals surface area (Å²) in [5, 5.41) is 4.54. The molecule has 5 nitrogen and oxygen atoms in total. The highest BCUT2D eigenvalue weighted by molar-refractivity contribution is 5.21. The van der Waals surface area contributed by atoms with Gasteiger partial charge < -0.3 is 0 Å². The summed E-state index contributed by atoms with van der Waals surface area (Å²) in [6, 6.07) is 2.16. The predicted molar refractivity (Wildman–Crippen MR) is 81.9 cm³/mol. The Morgan fingerprint density at radius 1 is 1.33 bits per heavy atom. The highest BCUT2D eigenvalue weighted by atomic mass is 15.3. The van der Waals surface area contributed by atoms with Crippen LogP contribution in [0.3, 0.4) is 0 Å². The van der Waals surface area contributed by atoms with Gasteiger partial charge in [0.25, 0.3) is 0 Å². The third-order valence-corrected chi connectivity index (χ3v) is 4.10. The average Bonchev–Trinajstić information content (AvgIpc) is 2.76. The summed E-state index contributed by atoms with van der Waals surface area (Å²) in [4.78, 5) is 11.6. The van der Waals surface area contributed by atoms with Gasteiger partial charge >= 0.3 is 0 Å². The zero-order chi connectivity index (χ0) is 15.0. The Morgan fingerprint density at radius 3 is 2.81 bits per heavy atom. The van der Waals surface area contributed by atoms with Gasteiger partial charge in [-0.3, -0.25) is 9.58 Å². The van der Waals surface area contributed by atoms with Crippen molar-refractivity contribution in [2.75, 3.05) is 6.54 Å². The van der Waals surface area contributed by atoms with Crippen molar-refractivity contribution in [1.29, 1.82) is 0 Å². The first-order chi connectivity index (χ1) is 10.0. The molecule has 0 spiro atoms. The molecule has 2 aromatic heterocycles. The lowest BCUT2D eigenvalue weighted by Gasteiger charge is -2.27. The first-order valence-corrected chi connectivity index (χ1v) is 7.59. The number of hydrogen-bond donors (Lipinski definition) is 0. The summed E-state index contributed by atoms with van der Waals surface area (Å²) < 4.78 is 1.94. The van der Waals surface area contributed by atoms with Crippen LogP contribution >= 0.6 is 0 Å². The molecular formula is C16H23N5. The van der Waals surface area contributed by atoms with Gasteiger partial charge in [0.1, 0.15) is 5.82 Å². The molecule has 0 aromatic carbocycles. The molecule has 0 unspecified atom stereocenters. The monoisotopic (exact) mass is 285 g/mol. The van der Waals surface area contributed by atoms with Gasteiger partial charge in [0.15, 0.2) is 0 Å². The number of nitrogens with zero attached hydrogens (tertiary/aromatic N) is 5. The standard InChI is InChI=1S/C16H23N5/c1-11(2)16-17-8-13-9-21(6-5-15(13)18-16)10-14-7-12(3)20(4)19-14/h7-8,11H,5-6,9-10H2,1-4H3. The molecule has 0 saturated heterocycles. The lowest BCUT2D eigenvalue weighted by molar-refractivity contribution is 0.239. The molecule has 1 aliphatic heterocycles. The molecule has 5 heteroatoms. The molecule has 0 atom stereocenters. The molecule has 0 amide bonds. The summed E-state index contributed by atoms with van der Waals surface area (Å²) >= 11 is 0. The SMILES string of the molecule is Cc1cc(CN2CCc3nc(C(C)C)ncc3C2)nn1C. The lowest BCUT2D eigenvalue weighted by atomic mass is 10.1. The number of aromatic nitrogens is 4. The van der Waals surface area contributed by atoms with E-state index in [9.17, 15) is 0 Å². The zero-order valence-corrected chi connectivity index (χ0v) is 13.3. The van der Waals surface area contributed by atoms with E-state index in [0.29, 0.717) is 5.92 Å². The summed E-state index contributed by atoms with van der Waals surface area (Å²) in [6.07, 6.45) is 3.01. The summed E-state index contributed by atoms with van der Waals surface area (Å²) in [5.41, 5.74) is 4.82. The minimum absolute atomic E-state index is 0.393. The van der Waals surface area contributed by atoms with E-state index in [2.05, 4.69) is 41.8 Å². The van der Waals surface area contributed by atoms with Gasteiger partial charge in [0.05, 0.1) is 5.69 Å². The highest BCUT2D eigenvalue weighted by Gasteiger charge is 2.20. The van der Waals surface area contributed by atoms with Crippen LogP contribution in [-0.2, 0) is 26.6 Å². The van der Waals surface area contributed by atoms with Gasteiger partial charge in [-0.2, -0.15) is 5.10 Å². The van der Waals surface area contributed by atoms with Crippen LogP contribution in [0, 0.1) is 6.92 Å². The van der Waals surface area contributed by atoms with E-state index >= 15 is 0 Å². The number of hydrogen-bond acceptors (Lipinski definition) is 4. The molecular weight excluding hydrogens is 262 g/mol. The smallest absolute Gasteiger partial charge is 0.131 e. The third kappa shape index (κ3) is 2.97. The van der Waals surface area contributed by atoms with Crippen molar-refractivity contribution in [3.8, 4) is 0 Å². The Hall–Kier alpha value is -1.75. The van der Waals surface area contributed by atoms with Gasteiger partial charge in [-0.05, 0) is 13.0 Å². The number of rotatable bonds is 3. The first kappa shape index (κ1) is 14.2. The van der Waals surface area contributed by atoms with E-state index in [-0.39, 0.29) is 0 Å². The highest BCUT2D eigenvalue weighted by Crippen LogP contribution is 2.20. The zero-order valence-electron chi connectivity index (χ0n) is 13.3. The van der Waals surface area contributed by atoms with E-state index in [1.807, 2.05) is 17.9 Å². The van der Waals surface area contributed by atoms with Gasteiger partial charge in [-0.1, -0.05) is 13.8 Å². The fourth-order valence-corrected chi connectivity index (χ4v) is 2.74. The minimum Gasteiger partial charge on any atom is -0.293 e. The quantitative estimate of drug-likeness (QED) is 0.867. The van der Waals surface area contributed by atoms with Crippen LogP contribution in [-0.4, -0.2) is 31.2 Å². The lowest BCUT2D eigenvalue weighted by Crippen LogP contribution is -2.31. The van der Waals surface area contributed by atoms with E-state index in [1.54, 1.807) is 0 Å². The van der Waals surface area contributed by atoms with Crippen molar-refractivity contribution in [2.45, 2.75) is 46.2 Å². The van der Waals surface area contributed by atoms with E-state index in [1.165, 1.54) is 17.0 Å². The molecule has 0 N–H and O–H groups in total. The predicted octanol–water partition coefficient (Wildman–Crippen LogP) is 2.20. The minimum atomic E-state index is 0.393. The van der Waals surface area contributed by atoms with Gasteiger partial charge in [0.2, 0.25) is 0 Å². The molecule has 0 radical (unpaired) electrons. The van der Waals surface area contributed by atoms with E-state index < -0.39 is 0 Å². The molecule has 21 heavy (non-hydrogen) atoms. The molecule has 2 aromatic rings. The molecule has 1 aliphatic rings. The molecule has 0 bridgehead atoms. The van der Waals surface area contributed by atoms with Crippen LogP contribution in [0.25, 0.3) is 0 Å². The van der Waals surface area contributed by atoms with Crippen LogP contribution in [0.4, 0.5) is 0 Å². The third-order valence-electron chi connectivity index (χ3n) is 4.10. The van der Waals surface area contributed by atoms with Crippen LogP contribution < -0.4 is 0 Å². The van der Waals surface area contributed by atoms with Gasteiger partial charge in [-0.25, -0.2) is 9.97 Å². The maximum atomic E-state index is 4.71. The first-order valence-electron chi connectivity index (χ1n) is 7.59. The van der Waals surface area contributed by atoms with Crippen LogP contribution in [0.15, 0.2) is 12.3 Å². The Balaban J connectivity index is 1.72. The maximum Gasteiger partial charge on any atom is 0.131 e. The summed E-state index contributed by atoms with van der Waals surface area (Å²) in [6.45, 7) is 9.22. The topological polar surface area (TPSA) is 46.8 Å². The molecule has 0 fully saturated rings. The summed E-state index contributed by atoms with van der Waals surface area (Å²) in [5.74, 6) is 1.35. The van der Waals surface area contributed by atoms with E-state index in [4.69, 9.17) is 4.98 Å². The van der Waals surface area contributed by atoms with Crippen molar-refractivity contribution in [2.24, 2.45) is 7.05 Å². The van der Waals surface area contributed by atoms with Crippen LogP contribution in [0.5, 0.6) is 0 Å². The Labute approximate surface area is 126 Å². The van der Waals surface area contributed by atoms with Gasteiger partial charge in [0, 0.05) is 62.2 Å².